The Kier molecular flexibility index (Phi) is 3.34. The van der Waals surface area contributed by atoms with Crippen molar-refractivity contribution >= 4 is 5.91 Å². The number of carbonyl (C=O) groups excluding carboxylic acids is 1. The summed E-state index contributed by atoms with van der Waals surface area (Å²) in [7, 11) is 1.68. The molecule has 1 N–H and O–H groups in total. The van der Waals surface area contributed by atoms with E-state index in [0.717, 1.165) is 5.56 Å². The van der Waals surface area contributed by atoms with Crippen LogP contribution in [-0.4, -0.2) is 33.0 Å². The Morgan fingerprint density at radius 1 is 1.44 bits per heavy atom. The molecule has 0 unspecified atom stereocenters. The molecule has 0 radical (unpaired) electrons. The Bertz CT molecular complexity index is 568. The van der Waals surface area contributed by atoms with Gasteiger partial charge in [0.15, 0.2) is 0 Å². The van der Waals surface area contributed by atoms with Crippen LogP contribution in [0.25, 0.3) is 0 Å². The number of amides is 1. The normalized spacial score (nSPS) is 9.78. The molecule has 0 aliphatic heterocycles. The fraction of sp³-hybridized carbons (Fsp3) is 0.167. The highest BCUT2D eigenvalue weighted by Gasteiger charge is 2.14. The van der Waals surface area contributed by atoms with E-state index in [-0.39, 0.29) is 11.7 Å². The molecule has 6 heteroatoms. The molecule has 90 valence electrons. The number of nitriles is 1. The van der Waals surface area contributed by atoms with Crippen LogP contribution in [0.1, 0.15) is 21.7 Å². The van der Waals surface area contributed by atoms with Gasteiger partial charge in [-0.15, -0.1) is 0 Å². The van der Waals surface area contributed by atoms with Gasteiger partial charge in [0.1, 0.15) is 6.33 Å². The third-order valence-corrected chi connectivity index (χ3v) is 2.47. The summed E-state index contributed by atoms with van der Waals surface area (Å²) in [6, 6.07) is 9.14. The summed E-state index contributed by atoms with van der Waals surface area (Å²) < 4.78 is 0. The highest BCUT2D eigenvalue weighted by atomic mass is 16.2. The van der Waals surface area contributed by atoms with Gasteiger partial charge in [-0.2, -0.15) is 10.4 Å². The lowest BCUT2D eigenvalue weighted by Gasteiger charge is -2.15. The summed E-state index contributed by atoms with van der Waals surface area (Å²) in [5, 5.41) is 14.9. The molecule has 2 rings (SSSR count). The monoisotopic (exact) mass is 241 g/mol. The van der Waals surface area contributed by atoms with Crippen LogP contribution in [0, 0.1) is 11.3 Å². The van der Waals surface area contributed by atoms with Crippen LogP contribution in [0.5, 0.6) is 0 Å². The molecule has 0 aliphatic rings. The maximum absolute atomic E-state index is 11.9. The van der Waals surface area contributed by atoms with Gasteiger partial charge in [0.05, 0.1) is 11.6 Å². The van der Waals surface area contributed by atoms with Crippen LogP contribution in [-0.2, 0) is 6.54 Å². The molecule has 6 nitrogen and oxygen atoms in total. The van der Waals surface area contributed by atoms with E-state index >= 15 is 0 Å². The Morgan fingerprint density at radius 3 is 2.72 bits per heavy atom. The zero-order valence-corrected chi connectivity index (χ0v) is 9.79. The van der Waals surface area contributed by atoms with Crippen LogP contribution in [0.15, 0.2) is 30.6 Å². The molecule has 1 amide bonds. The summed E-state index contributed by atoms with van der Waals surface area (Å²) in [6.07, 6.45) is 1.29. The lowest BCUT2D eigenvalue weighted by molar-refractivity contribution is 0.0773. The fourth-order valence-electron chi connectivity index (χ4n) is 1.52. The van der Waals surface area contributed by atoms with Crippen LogP contribution in [0.4, 0.5) is 0 Å². The van der Waals surface area contributed by atoms with Crippen molar-refractivity contribution in [2.75, 3.05) is 7.05 Å². The van der Waals surface area contributed by atoms with Crippen molar-refractivity contribution in [2.24, 2.45) is 0 Å². The molecule has 1 aromatic heterocycles. The number of carbonyl (C=O) groups is 1. The molecular formula is C12H11N5O. The van der Waals surface area contributed by atoms with Crippen molar-refractivity contribution in [3.05, 3.63) is 47.5 Å². The van der Waals surface area contributed by atoms with Crippen molar-refractivity contribution in [1.29, 1.82) is 5.26 Å². The van der Waals surface area contributed by atoms with Gasteiger partial charge in [0, 0.05) is 13.6 Å². The highest BCUT2D eigenvalue weighted by molar-refractivity contribution is 5.90. The third-order valence-electron chi connectivity index (χ3n) is 2.47. The van der Waals surface area contributed by atoms with E-state index in [9.17, 15) is 4.79 Å². The number of hydrogen-bond donors (Lipinski definition) is 1. The van der Waals surface area contributed by atoms with E-state index in [1.54, 1.807) is 19.2 Å². The molecular weight excluding hydrogens is 230 g/mol. The van der Waals surface area contributed by atoms with Gasteiger partial charge in [-0.1, -0.05) is 12.1 Å². The van der Waals surface area contributed by atoms with Crippen LogP contribution >= 0.6 is 0 Å². The van der Waals surface area contributed by atoms with Gasteiger partial charge in [-0.25, -0.2) is 4.98 Å². The summed E-state index contributed by atoms with van der Waals surface area (Å²) in [5.74, 6) is -0.0111. The molecule has 0 fully saturated rings. The van der Waals surface area contributed by atoms with Crippen molar-refractivity contribution in [3.63, 3.8) is 0 Å². The first kappa shape index (κ1) is 11.8. The lowest BCUT2D eigenvalue weighted by atomic mass is 10.1. The minimum Gasteiger partial charge on any atom is -0.335 e. The summed E-state index contributed by atoms with van der Waals surface area (Å²) >= 11 is 0. The predicted molar refractivity (Wildman–Crippen MR) is 63.3 cm³/mol. The number of aromatic amines is 1. The van der Waals surface area contributed by atoms with Gasteiger partial charge < -0.3 is 4.90 Å². The number of H-pyrrole nitrogens is 1. The minimum atomic E-state index is -0.225. The van der Waals surface area contributed by atoms with E-state index in [0.29, 0.717) is 12.1 Å². The summed E-state index contributed by atoms with van der Waals surface area (Å²) in [6.45, 7) is 0.450. The Balaban J connectivity index is 2.05. The van der Waals surface area contributed by atoms with Crippen molar-refractivity contribution in [2.45, 2.75) is 6.54 Å². The maximum atomic E-state index is 11.9. The second-order valence-corrected chi connectivity index (χ2v) is 3.80. The summed E-state index contributed by atoms with van der Waals surface area (Å²) in [5.41, 5.74) is 1.55. The molecule has 18 heavy (non-hydrogen) atoms. The quantitative estimate of drug-likeness (QED) is 0.866. The molecule has 0 spiro atoms. The van der Waals surface area contributed by atoms with E-state index in [4.69, 9.17) is 5.26 Å². The number of nitrogens with zero attached hydrogens (tertiary/aromatic N) is 4. The molecule has 0 aliphatic carbocycles. The average Bonchev–Trinajstić information content (AvgIpc) is 2.92. The Morgan fingerprint density at radius 2 is 2.17 bits per heavy atom. The van der Waals surface area contributed by atoms with Crippen LogP contribution in [0.2, 0.25) is 0 Å². The fourth-order valence-corrected chi connectivity index (χ4v) is 1.52. The zero-order chi connectivity index (χ0) is 13.0. The molecule has 2 aromatic rings. The predicted octanol–water partition coefficient (Wildman–Crippen LogP) is 0.949. The second kappa shape index (κ2) is 5.10. The Hall–Kier alpha value is -2.68. The average molecular weight is 241 g/mol. The first-order chi connectivity index (χ1) is 8.70. The zero-order valence-electron chi connectivity index (χ0n) is 9.79. The van der Waals surface area contributed by atoms with Crippen LogP contribution < -0.4 is 0 Å². The Labute approximate surface area is 104 Å². The van der Waals surface area contributed by atoms with Gasteiger partial charge >= 0.3 is 0 Å². The van der Waals surface area contributed by atoms with E-state index in [2.05, 4.69) is 15.2 Å². The van der Waals surface area contributed by atoms with Crippen molar-refractivity contribution < 1.29 is 4.79 Å². The van der Waals surface area contributed by atoms with Crippen LogP contribution in [0.3, 0.4) is 0 Å². The van der Waals surface area contributed by atoms with Crippen molar-refractivity contribution in [1.82, 2.24) is 20.1 Å². The molecule has 0 bridgehead atoms. The van der Waals surface area contributed by atoms with Gasteiger partial charge in [-0.3, -0.25) is 9.89 Å². The van der Waals surface area contributed by atoms with Gasteiger partial charge in [-0.05, 0) is 17.7 Å². The first-order valence-electron chi connectivity index (χ1n) is 5.30. The molecule has 1 heterocycles. The number of aromatic nitrogens is 3. The smallest absolute Gasteiger partial charge is 0.291 e. The van der Waals surface area contributed by atoms with E-state index in [1.165, 1.54) is 11.2 Å². The van der Waals surface area contributed by atoms with Crippen molar-refractivity contribution in [3.8, 4) is 6.07 Å². The molecule has 0 saturated carbocycles. The molecule has 0 atom stereocenters. The highest BCUT2D eigenvalue weighted by Crippen LogP contribution is 2.07. The minimum absolute atomic E-state index is 0.214. The number of benzene rings is 1. The second-order valence-electron chi connectivity index (χ2n) is 3.80. The number of nitrogens with one attached hydrogen (secondary N) is 1. The lowest BCUT2D eigenvalue weighted by Crippen LogP contribution is -2.27. The van der Waals surface area contributed by atoms with E-state index in [1.807, 2.05) is 18.2 Å². The van der Waals surface area contributed by atoms with E-state index < -0.39 is 0 Å². The SMILES string of the molecule is CN(Cc1ccc(C#N)cc1)C(=O)c1ncn[nH]1. The maximum Gasteiger partial charge on any atom is 0.291 e. The molecule has 1 aromatic carbocycles. The summed E-state index contributed by atoms with van der Waals surface area (Å²) in [4.78, 5) is 17.2. The topological polar surface area (TPSA) is 85.7 Å². The molecule has 0 saturated heterocycles. The number of rotatable bonds is 3. The third kappa shape index (κ3) is 2.52. The van der Waals surface area contributed by atoms with Gasteiger partial charge in [0.2, 0.25) is 5.82 Å². The standard InChI is InChI=1S/C12H11N5O/c1-17(12(18)11-14-8-15-16-11)7-10-4-2-9(6-13)3-5-10/h2-5,8H,7H2,1H3,(H,14,15,16). The number of hydrogen-bond acceptors (Lipinski definition) is 4. The van der Waals surface area contributed by atoms with Gasteiger partial charge in [0.25, 0.3) is 5.91 Å². The largest absolute Gasteiger partial charge is 0.335 e. The first-order valence-corrected chi connectivity index (χ1v) is 5.30.